The maximum Gasteiger partial charge on any atom is 0.157 e. The first-order valence-corrected chi connectivity index (χ1v) is 8.41. The number of anilines is 1. The van der Waals surface area contributed by atoms with Crippen molar-refractivity contribution in [2.24, 2.45) is 0 Å². The molecule has 0 saturated carbocycles. The van der Waals surface area contributed by atoms with Crippen molar-refractivity contribution in [1.82, 2.24) is 0 Å². The van der Waals surface area contributed by atoms with Gasteiger partial charge in [0.15, 0.2) is 9.84 Å². The molecule has 6 heteroatoms. The summed E-state index contributed by atoms with van der Waals surface area (Å²) in [6.07, 6.45) is 0.400. The van der Waals surface area contributed by atoms with E-state index in [4.69, 9.17) is 16.3 Å². The molecule has 106 valence electrons. The highest BCUT2D eigenvalue weighted by Gasteiger charge is 2.35. The first-order chi connectivity index (χ1) is 8.99. The van der Waals surface area contributed by atoms with Gasteiger partial charge in [0.05, 0.1) is 17.1 Å². The van der Waals surface area contributed by atoms with Gasteiger partial charge in [-0.15, -0.1) is 0 Å². The Labute approximate surface area is 119 Å². The fourth-order valence-corrected chi connectivity index (χ4v) is 4.27. The highest BCUT2D eigenvalue weighted by molar-refractivity contribution is 7.92. The Bertz CT molecular complexity index is 532. The highest BCUT2D eigenvalue weighted by Crippen LogP contribution is 2.21. The third-order valence-electron chi connectivity index (χ3n) is 3.31. The molecule has 2 unspecified atom stereocenters. The lowest BCUT2D eigenvalue weighted by Gasteiger charge is -2.15. The minimum Gasteiger partial charge on any atom is -0.384 e. The largest absolute Gasteiger partial charge is 0.384 e. The molecule has 0 aromatic heterocycles. The number of halogens is 1. The summed E-state index contributed by atoms with van der Waals surface area (Å²) in [6.45, 7) is 2.73. The van der Waals surface area contributed by atoms with E-state index in [9.17, 15) is 8.42 Å². The van der Waals surface area contributed by atoms with Crippen molar-refractivity contribution in [2.75, 3.05) is 24.2 Å². The first kappa shape index (κ1) is 14.6. The third kappa shape index (κ3) is 3.84. The van der Waals surface area contributed by atoms with E-state index in [1.165, 1.54) is 0 Å². The number of rotatable bonds is 5. The molecule has 1 aromatic carbocycles. The first-order valence-electron chi connectivity index (χ1n) is 6.31. The van der Waals surface area contributed by atoms with E-state index in [1.54, 1.807) is 12.1 Å². The van der Waals surface area contributed by atoms with Gasteiger partial charge in [0.1, 0.15) is 0 Å². The standard InChI is InChI=1S/C13H18ClNO3S/c1-10-13(5-7-18-10)19(16,17)8-6-15-12-4-2-3-11(14)9-12/h2-4,9-10,13,15H,5-8H2,1H3. The molecule has 1 aliphatic heterocycles. The molecule has 0 radical (unpaired) electrons. The molecule has 19 heavy (non-hydrogen) atoms. The second kappa shape index (κ2) is 6.11. The van der Waals surface area contributed by atoms with Crippen LogP contribution in [-0.2, 0) is 14.6 Å². The molecule has 0 spiro atoms. The summed E-state index contributed by atoms with van der Waals surface area (Å²) < 4.78 is 29.6. The lowest BCUT2D eigenvalue weighted by molar-refractivity contribution is 0.126. The molecule has 0 bridgehead atoms. The maximum atomic E-state index is 12.2. The molecule has 2 rings (SSSR count). The Hall–Kier alpha value is -0.780. The number of hydrogen-bond acceptors (Lipinski definition) is 4. The zero-order valence-electron chi connectivity index (χ0n) is 10.8. The van der Waals surface area contributed by atoms with Crippen LogP contribution in [0.3, 0.4) is 0 Å². The second-order valence-electron chi connectivity index (χ2n) is 4.71. The maximum absolute atomic E-state index is 12.2. The zero-order valence-corrected chi connectivity index (χ0v) is 12.4. The van der Waals surface area contributed by atoms with Gasteiger partial charge in [-0.1, -0.05) is 17.7 Å². The van der Waals surface area contributed by atoms with Crippen molar-refractivity contribution in [1.29, 1.82) is 0 Å². The van der Waals surface area contributed by atoms with E-state index in [2.05, 4.69) is 5.32 Å². The fourth-order valence-electron chi connectivity index (χ4n) is 2.27. The van der Waals surface area contributed by atoms with Gasteiger partial charge in [-0.05, 0) is 31.5 Å². The number of nitrogens with one attached hydrogen (secondary N) is 1. The van der Waals surface area contributed by atoms with Gasteiger partial charge >= 0.3 is 0 Å². The van der Waals surface area contributed by atoms with Gasteiger partial charge in [-0.2, -0.15) is 0 Å². The molecule has 1 N–H and O–H groups in total. The van der Waals surface area contributed by atoms with Crippen molar-refractivity contribution in [3.63, 3.8) is 0 Å². The van der Waals surface area contributed by atoms with Crippen LogP contribution in [0.4, 0.5) is 5.69 Å². The molecule has 2 atom stereocenters. The Morgan fingerprint density at radius 1 is 1.47 bits per heavy atom. The Morgan fingerprint density at radius 2 is 2.26 bits per heavy atom. The predicted molar refractivity (Wildman–Crippen MR) is 77.5 cm³/mol. The SMILES string of the molecule is CC1OCCC1S(=O)(=O)CCNc1cccc(Cl)c1. The average Bonchev–Trinajstić information content (AvgIpc) is 2.76. The molecular weight excluding hydrogens is 286 g/mol. The lowest BCUT2D eigenvalue weighted by atomic mass is 10.3. The molecule has 0 amide bonds. The van der Waals surface area contributed by atoms with Crippen LogP contribution >= 0.6 is 11.6 Å². The molecule has 1 fully saturated rings. The summed E-state index contributed by atoms with van der Waals surface area (Å²) in [5.74, 6) is 0.109. The molecular formula is C13H18ClNO3S. The van der Waals surface area contributed by atoms with E-state index in [0.717, 1.165) is 5.69 Å². The lowest BCUT2D eigenvalue weighted by Crippen LogP contribution is -2.32. The van der Waals surface area contributed by atoms with Crippen LogP contribution in [0, 0.1) is 0 Å². The van der Waals surface area contributed by atoms with Gasteiger partial charge in [0, 0.05) is 23.9 Å². The monoisotopic (exact) mass is 303 g/mol. The Morgan fingerprint density at radius 3 is 2.89 bits per heavy atom. The van der Waals surface area contributed by atoms with Gasteiger partial charge in [-0.3, -0.25) is 0 Å². The highest BCUT2D eigenvalue weighted by atomic mass is 35.5. The topological polar surface area (TPSA) is 55.4 Å². The summed E-state index contributed by atoms with van der Waals surface area (Å²) >= 11 is 5.86. The van der Waals surface area contributed by atoms with E-state index in [0.29, 0.717) is 24.6 Å². The second-order valence-corrected chi connectivity index (χ2v) is 7.48. The smallest absolute Gasteiger partial charge is 0.157 e. The number of sulfone groups is 1. The summed E-state index contributed by atoms with van der Waals surface area (Å²) in [5.41, 5.74) is 0.832. The number of benzene rings is 1. The quantitative estimate of drug-likeness (QED) is 0.907. The average molecular weight is 304 g/mol. The molecule has 0 aliphatic carbocycles. The minimum absolute atomic E-state index is 0.109. The van der Waals surface area contributed by atoms with Gasteiger partial charge in [-0.25, -0.2) is 8.42 Å². The van der Waals surface area contributed by atoms with Crippen LogP contribution < -0.4 is 5.32 Å². The Kier molecular flexibility index (Phi) is 4.71. The zero-order chi connectivity index (χ0) is 13.9. The van der Waals surface area contributed by atoms with E-state index >= 15 is 0 Å². The van der Waals surface area contributed by atoms with E-state index in [1.807, 2.05) is 19.1 Å². The summed E-state index contributed by atoms with van der Waals surface area (Å²) in [5, 5.41) is 3.34. The van der Waals surface area contributed by atoms with Gasteiger partial charge in [0.25, 0.3) is 0 Å². The van der Waals surface area contributed by atoms with Crippen molar-refractivity contribution < 1.29 is 13.2 Å². The van der Waals surface area contributed by atoms with Crippen molar-refractivity contribution >= 4 is 27.1 Å². The van der Waals surface area contributed by atoms with Gasteiger partial charge in [0.2, 0.25) is 0 Å². The summed E-state index contributed by atoms with van der Waals surface area (Å²) in [7, 11) is -3.11. The predicted octanol–water partition coefficient (Wildman–Crippen LogP) is 2.34. The van der Waals surface area contributed by atoms with E-state index in [-0.39, 0.29) is 17.1 Å². The minimum atomic E-state index is -3.11. The van der Waals surface area contributed by atoms with Crippen LogP contribution in [0.15, 0.2) is 24.3 Å². The van der Waals surface area contributed by atoms with Crippen LogP contribution in [0.5, 0.6) is 0 Å². The molecule has 1 aromatic rings. The van der Waals surface area contributed by atoms with Crippen molar-refractivity contribution in [3.05, 3.63) is 29.3 Å². The van der Waals surface area contributed by atoms with Crippen LogP contribution in [0.1, 0.15) is 13.3 Å². The van der Waals surface area contributed by atoms with Crippen LogP contribution in [0.2, 0.25) is 5.02 Å². The molecule has 1 aliphatic rings. The molecule has 4 nitrogen and oxygen atoms in total. The third-order valence-corrected chi connectivity index (χ3v) is 5.86. The number of ether oxygens (including phenoxy) is 1. The van der Waals surface area contributed by atoms with Crippen molar-refractivity contribution in [2.45, 2.75) is 24.7 Å². The van der Waals surface area contributed by atoms with E-state index < -0.39 is 9.84 Å². The summed E-state index contributed by atoms with van der Waals surface area (Å²) in [6, 6.07) is 7.24. The van der Waals surface area contributed by atoms with Crippen molar-refractivity contribution in [3.8, 4) is 0 Å². The normalized spacial score (nSPS) is 23.5. The van der Waals surface area contributed by atoms with Gasteiger partial charge < -0.3 is 10.1 Å². The molecule has 1 saturated heterocycles. The van der Waals surface area contributed by atoms with Crippen LogP contribution in [-0.4, -0.2) is 38.7 Å². The Balaban J connectivity index is 1.88. The molecule has 1 heterocycles. The fraction of sp³-hybridized carbons (Fsp3) is 0.538. The van der Waals surface area contributed by atoms with Crippen LogP contribution in [0.25, 0.3) is 0 Å². The summed E-state index contributed by atoms with van der Waals surface area (Å²) in [4.78, 5) is 0. The number of hydrogen-bond donors (Lipinski definition) is 1.